The normalized spacial score (nSPS) is 16.8. The summed E-state index contributed by atoms with van der Waals surface area (Å²) >= 11 is 1.53. The van der Waals surface area contributed by atoms with Crippen molar-refractivity contribution < 1.29 is 53.8 Å². The van der Waals surface area contributed by atoms with Gasteiger partial charge in [-0.25, -0.2) is 14.2 Å². The second-order valence-electron chi connectivity index (χ2n) is 12.3. The number of benzene rings is 1. The maximum atomic E-state index is 13.9. The van der Waals surface area contributed by atoms with Gasteiger partial charge in [0.05, 0.1) is 47.8 Å². The first-order chi connectivity index (χ1) is 20.9. The highest BCUT2D eigenvalue weighted by atomic mass is 32.1. The van der Waals surface area contributed by atoms with E-state index in [4.69, 9.17) is 25.2 Å². The average molecular weight is 654 g/mol. The predicted octanol–water partition coefficient (Wildman–Crippen LogP) is 1.94. The Morgan fingerprint density at radius 1 is 1.11 bits per heavy atom. The van der Waals surface area contributed by atoms with Crippen LogP contribution in [0.2, 0.25) is 0 Å². The molecule has 2 aromatic rings. The number of aliphatic carboxylic acids is 3. The quantitative estimate of drug-likeness (QED) is 0.224. The van der Waals surface area contributed by atoms with E-state index in [2.05, 4.69) is 9.88 Å². The molecule has 1 aromatic carbocycles. The molecule has 1 amide bonds. The summed E-state index contributed by atoms with van der Waals surface area (Å²) in [5.41, 5.74) is 0.660. The monoisotopic (exact) mass is 653 g/mol. The van der Waals surface area contributed by atoms with E-state index in [0.29, 0.717) is 19.6 Å². The molecule has 4 rings (SSSR count). The van der Waals surface area contributed by atoms with Gasteiger partial charge < -0.3 is 40.1 Å². The van der Waals surface area contributed by atoms with Crippen LogP contribution in [-0.2, 0) is 42.5 Å². The van der Waals surface area contributed by atoms with Gasteiger partial charge in [-0.3, -0.25) is 14.4 Å². The number of fused-ring (bicyclic) bond motifs is 2. The first kappa shape index (κ1) is 36.0. The standard InChI is InChI=1S/C24H32FN3O3S.C6H8O7/c1-23(2,30)15-27(3)22(29)18(10-20-14-32-16-26-20)12-28-8-6-24(7-9-28)21-11-19(25)5-4-17(21)13-31-24;7-3(8)1-6(13,5(11)12)2-4(9)10/h4-5,11,14,16,18,30H,6-10,12-13,15H2,1-3H3;13H,1-2H2,(H,7,8)(H,9,10)(H,11,12). The van der Waals surface area contributed by atoms with Gasteiger partial charge in [-0.2, -0.15) is 0 Å². The smallest absolute Gasteiger partial charge is 0.336 e. The summed E-state index contributed by atoms with van der Waals surface area (Å²) in [6, 6.07) is 4.94. The predicted molar refractivity (Wildman–Crippen MR) is 159 cm³/mol. The highest BCUT2D eigenvalue weighted by Crippen LogP contribution is 2.44. The Bertz CT molecular complexity index is 1340. The van der Waals surface area contributed by atoms with Crippen molar-refractivity contribution in [2.45, 2.75) is 69.4 Å². The number of carboxylic acids is 3. The Kier molecular flexibility index (Phi) is 11.8. The van der Waals surface area contributed by atoms with E-state index in [1.54, 1.807) is 37.4 Å². The van der Waals surface area contributed by atoms with Crippen LogP contribution in [0.15, 0.2) is 29.1 Å². The van der Waals surface area contributed by atoms with Crippen LogP contribution in [0.4, 0.5) is 4.39 Å². The molecule has 2 aliphatic heterocycles. The Hall–Kier alpha value is -3.50. The van der Waals surface area contributed by atoms with Gasteiger partial charge in [0.15, 0.2) is 5.60 Å². The average Bonchev–Trinajstić information content (AvgIpc) is 3.56. The van der Waals surface area contributed by atoms with Crippen LogP contribution >= 0.6 is 11.3 Å². The molecular formula is C30H40FN3O10S. The van der Waals surface area contributed by atoms with Gasteiger partial charge in [0.25, 0.3) is 0 Å². The number of likely N-dealkylation sites (N-methyl/N-ethyl adjacent to an activating group) is 1. The number of nitrogens with zero attached hydrogens (tertiary/aromatic N) is 3. The van der Waals surface area contributed by atoms with Crippen molar-refractivity contribution in [2.24, 2.45) is 5.92 Å². The minimum absolute atomic E-state index is 0.0185. The first-order valence-electron chi connectivity index (χ1n) is 14.3. The van der Waals surface area contributed by atoms with Gasteiger partial charge in [0, 0.05) is 45.0 Å². The summed E-state index contributed by atoms with van der Waals surface area (Å²) in [6.07, 6.45) is -0.158. The highest BCUT2D eigenvalue weighted by molar-refractivity contribution is 7.07. The molecule has 0 aliphatic carbocycles. The van der Waals surface area contributed by atoms with Gasteiger partial charge in [-0.15, -0.1) is 11.3 Å². The van der Waals surface area contributed by atoms with Crippen molar-refractivity contribution in [3.05, 3.63) is 51.7 Å². The molecule has 1 aromatic heterocycles. The van der Waals surface area contributed by atoms with Gasteiger partial charge in [0.2, 0.25) is 5.91 Å². The third-order valence-corrected chi connectivity index (χ3v) is 8.42. The van der Waals surface area contributed by atoms with Crippen molar-refractivity contribution in [1.29, 1.82) is 0 Å². The molecule has 3 heterocycles. The fraction of sp³-hybridized carbons (Fsp3) is 0.567. The van der Waals surface area contributed by atoms with Gasteiger partial charge in [0.1, 0.15) is 5.82 Å². The van der Waals surface area contributed by atoms with E-state index in [9.17, 15) is 28.7 Å². The number of ether oxygens (including phenoxy) is 1. The van der Waals surface area contributed by atoms with Crippen LogP contribution in [0.1, 0.15) is 56.4 Å². The minimum atomic E-state index is -2.74. The summed E-state index contributed by atoms with van der Waals surface area (Å²) in [5.74, 6) is -5.47. The van der Waals surface area contributed by atoms with Crippen molar-refractivity contribution in [3.8, 4) is 0 Å². The van der Waals surface area contributed by atoms with E-state index in [1.807, 2.05) is 11.4 Å². The Morgan fingerprint density at radius 3 is 2.24 bits per heavy atom. The van der Waals surface area contributed by atoms with Crippen LogP contribution in [-0.4, -0.2) is 109 Å². The van der Waals surface area contributed by atoms with Crippen molar-refractivity contribution in [2.75, 3.05) is 33.2 Å². The second-order valence-corrected chi connectivity index (χ2v) is 13.0. The number of carbonyl (C=O) groups excluding carboxylic acids is 1. The molecule has 1 unspecified atom stereocenters. The lowest BCUT2D eigenvalue weighted by Gasteiger charge is -2.40. The molecule has 0 saturated carbocycles. The van der Waals surface area contributed by atoms with Crippen LogP contribution < -0.4 is 0 Å². The fourth-order valence-electron chi connectivity index (χ4n) is 5.72. The molecule has 15 heteroatoms. The zero-order valence-electron chi connectivity index (χ0n) is 25.4. The number of hydrogen-bond acceptors (Lipinski definition) is 10. The zero-order valence-corrected chi connectivity index (χ0v) is 26.3. The lowest BCUT2D eigenvalue weighted by atomic mass is 9.83. The van der Waals surface area contributed by atoms with E-state index in [1.165, 1.54) is 17.4 Å². The first-order valence-corrected chi connectivity index (χ1v) is 15.3. The second kappa shape index (κ2) is 14.7. The molecular weight excluding hydrogens is 613 g/mol. The van der Waals surface area contributed by atoms with Crippen LogP contribution in [0.25, 0.3) is 0 Å². The van der Waals surface area contributed by atoms with Crippen LogP contribution in [0.5, 0.6) is 0 Å². The zero-order chi connectivity index (χ0) is 33.6. The number of piperidine rings is 1. The summed E-state index contributed by atoms with van der Waals surface area (Å²) in [4.78, 5) is 52.1. The Morgan fingerprint density at radius 2 is 1.73 bits per heavy atom. The molecule has 45 heavy (non-hydrogen) atoms. The molecule has 1 fully saturated rings. The number of carbonyl (C=O) groups is 4. The topological polar surface area (TPSA) is 198 Å². The fourth-order valence-corrected chi connectivity index (χ4v) is 6.29. The van der Waals surface area contributed by atoms with Crippen LogP contribution in [0, 0.1) is 11.7 Å². The summed E-state index contributed by atoms with van der Waals surface area (Å²) in [6.45, 7) is 6.41. The number of likely N-dealkylation sites (tertiary alicyclic amines) is 1. The Balaban J connectivity index is 0.000000360. The lowest BCUT2D eigenvalue weighted by molar-refractivity contribution is -0.170. The maximum absolute atomic E-state index is 13.9. The highest BCUT2D eigenvalue weighted by Gasteiger charge is 2.44. The number of halogens is 1. The summed E-state index contributed by atoms with van der Waals surface area (Å²) < 4.78 is 20.1. The number of carboxylic acid groups (broad SMARTS) is 3. The number of hydrogen-bond donors (Lipinski definition) is 5. The van der Waals surface area contributed by atoms with Gasteiger partial charge >= 0.3 is 17.9 Å². The molecule has 2 aliphatic rings. The maximum Gasteiger partial charge on any atom is 0.336 e. The Labute approximate surface area is 263 Å². The summed E-state index contributed by atoms with van der Waals surface area (Å²) in [7, 11) is 1.75. The molecule has 1 spiro atoms. The van der Waals surface area contributed by atoms with Crippen molar-refractivity contribution >= 4 is 35.2 Å². The lowest BCUT2D eigenvalue weighted by Crippen LogP contribution is -2.48. The van der Waals surface area contributed by atoms with Gasteiger partial charge in [-0.05, 0) is 49.9 Å². The van der Waals surface area contributed by atoms with E-state index < -0.39 is 47.6 Å². The molecule has 248 valence electrons. The number of rotatable bonds is 12. The van der Waals surface area contributed by atoms with E-state index >= 15 is 0 Å². The minimum Gasteiger partial charge on any atom is -0.481 e. The number of amides is 1. The summed E-state index contributed by atoms with van der Waals surface area (Å²) in [5, 5.41) is 46.0. The largest absolute Gasteiger partial charge is 0.481 e. The molecule has 1 saturated heterocycles. The van der Waals surface area contributed by atoms with Crippen molar-refractivity contribution in [3.63, 3.8) is 0 Å². The number of aromatic nitrogens is 1. The molecule has 0 radical (unpaired) electrons. The number of aliphatic hydroxyl groups is 2. The van der Waals surface area contributed by atoms with Crippen LogP contribution in [0.3, 0.4) is 0 Å². The third kappa shape index (κ3) is 9.99. The molecule has 1 atom stereocenters. The van der Waals surface area contributed by atoms with E-state index in [0.717, 1.165) is 42.8 Å². The molecule has 0 bridgehead atoms. The molecule has 13 nitrogen and oxygen atoms in total. The van der Waals surface area contributed by atoms with Crippen molar-refractivity contribution in [1.82, 2.24) is 14.8 Å². The van der Waals surface area contributed by atoms with E-state index in [-0.39, 0.29) is 24.2 Å². The number of thiazole rings is 1. The SMILES string of the molecule is CN(CC(C)(C)O)C(=O)C(Cc1cscn1)CN1CCC2(CC1)OCc1ccc(F)cc12.O=C(O)CC(O)(CC(=O)O)C(=O)O. The van der Waals surface area contributed by atoms with Gasteiger partial charge in [-0.1, -0.05) is 6.07 Å². The third-order valence-electron chi connectivity index (χ3n) is 7.78. The molecule has 5 N–H and O–H groups in total.